The van der Waals surface area contributed by atoms with E-state index < -0.39 is 11.7 Å². The molecule has 1 unspecified atom stereocenters. The first-order chi connectivity index (χ1) is 15.8. The van der Waals surface area contributed by atoms with Gasteiger partial charge < -0.3 is 14.5 Å². The summed E-state index contributed by atoms with van der Waals surface area (Å²) in [6.45, 7) is 0. The predicted molar refractivity (Wildman–Crippen MR) is 120 cm³/mol. The number of benzene rings is 2. The Hall–Kier alpha value is -3.53. The van der Waals surface area contributed by atoms with E-state index in [1.54, 1.807) is 19.2 Å². The van der Waals surface area contributed by atoms with Crippen LogP contribution in [0.25, 0.3) is 11.3 Å². The van der Waals surface area contributed by atoms with Crippen LogP contribution in [0.15, 0.2) is 75.3 Å². The molecule has 0 aliphatic carbocycles. The summed E-state index contributed by atoms with van der Waals surface area (Å²) in [4.78, 5) is 12.2. The van der Waals surface area contributed by atoms with Crippen molar-refractivity contribution >= 4 is 29.1 Å². The maximum Gasteiger partial charge on any atom is 0.416 e. The van der Waals surface area contributed by atoms with E-state index in [1.165, 1.54) is 30.1 Å². The number of carbonyl (C=O) groups is 1. The molecular weight excluding hydrogens is 455 g/mol. The van der Waals surface area contributed by atoms with Crippen LogP contribution >= 0.6 is 11.8 Å². The Kier molecular flexibility index (Phi) is 6.55. The number of carbonyl (C=O) groups excluding carboxylic acids is 1. The monoisotopic (exact) mass is 473 g/mol. The lowest BCUT2D eigenvalue weighted by Gasteiger charge is -2.07. The molecule has 1 aliphatic heterocycles. The van der Waals surface area contributed by atoms with E-state index in [0.717, 1.165) is 23.4 Å². The second-order valence-electron chi connectivity index (χ2n) is 7.08. The maximum absolute atomic E-state index is 12.9. The number of nitrogens with one attached hydrogen (secondary N) is 1. The number of methoxy groups -OCH3 is 1. The average molecular weight is 473 g/mol. The van der Waals surface area contributed by atoms with Crippen LogP contribution in [0, 0.1) is 0 Å². The molecule has 4 rings (SSSR count). The topological polar surface area (TPSA) is 76.2 Å². The van der Waals surface area contributed by atoms with E-state index in [0.29, 0.717) is 22.9 Å². The van der Waals surface area contributed by atoms with E-state index in [-0.39, 0.29) is 16.9 Å². The van der Waals surface area contributed by atoms with Gasteiger partial charge in [-0.15, -0.1) is 5.10 Å². The minimum absolute atomic E-state index is 0.158. The Morgan fingerprint density at radius 2 is 1.94 bits per heavy atom. The molecule has 1 saturated heterocycles. The highest BCUT2D eigenvalue weighted by molar-refractivity contribution is 8.15. The first kappa shape index (κ1) is 22.7. The van der Waals surface area contributed by atoms with Gasteiger partial charge in [0.15, 0.2) is 5.17 Å². The molecule has 0 saturated carbocycles. The zero-order valence-electron chi connectivity index (χ0n) is 17.3. The zero-order valence-corrected chi connectivity index (χ0v) is 18.1. The number of alkyl halides is 3. The smallest absolute Gasteiger partial charge is 0.416 e. The van der Waals surface area contributed by atoms with Crippen molar-refractivity contribution in [1.82, 2.24) is 5.32 Å². The van der Waals surface area contributed by atoms with Gasteiger partial charge in [-0.05, 0) is 48.4 Å². The summed E-state index contributed by atoms with van der Waals surface area (Å²) in [6.07, 6.45) is -2.58. The van der Waals surface area contributed by atoms with Gasteiger partial charge in [0.05, 0.1) is 24.1 Å². The number of hydrogen-bond donors (Lipinski definition) is 1. The first-order valence-electron chi connectivity index (χ1n) is 9.81. The highest BCUT2D eigenvalue weighted by atomic mass is 32.2. The summed E-state index contributed by atoms with van der Waals surface area (Å²) in [7, 11) is 1.59. The average Bonchev–Trinajstić information content (AvgIpc) is 3.41. The van der Waals surface area contributed by atoms with E-state index in [9.17, 15) is 18.0 Å². The molecule has 1 N–H and O–H groups in total. The Labute approximate surface area is 191 Å². The van der Waals surface area contributed by atoms with E-state index in [4.69, 9.17) is 9.15 Å². The number of nitrogens with zero attached hydrogens (tertiary/aromatic N) is 2. The number of thioether (sulfide) groups is 1. The molecule has 1 aliphatic rings. The molecule has 1 atom stereocenters. The SMILES string of the molecule is COc1ccc(CC2S/C(=N\N=C\c3ccc(-c4cccc(C(F)(F)F)c4)o3)NC2=O)cc1. The molecule has 1 fully saturated rings. The summed E-state index contributed by atoms with van der Waals surface area (Å²) in [6, 6.07) is 15.5. The summed E-state index contributed by atoms with van der Waals surface area (Å²) in [5.74, 6) is 1.18. The molecule has 0 bridgehead atoms. The van der Waals surface area contributed by atoms with Gasteiger partial charge in [0.1, 0.15) is 17.3 Å². The van der Waals surface area contributed by atoms with Crippen molar-refractivity contribution in [3.8, 4) is 17.1 Å². The van der Waals surface area contributed by atoms with Crippen LogP contribution in [0.2, 0.25) is 0 Å². The van der Waals surface area contributed by atoms with Gasteiger partial charge in [0, 0.05) is 5.56 Å². The Morgan fingerprint density at radius 3 is 2.67 bits per heavy atom. The van der Waals surface area contributed by atoms with Crippen molar-refractivity contribution < 1.29 is 27.1 Å². The fourth-order valence-corrected chi connectivity index (χ4v) is 4.09. The Balaban J connectivity index is 1.38. The second kappa shape index (κ2) is 9.53. The molecule has 1 aromatic heterocycles. The largest absolute Gasteiger partial charge is 0.497 e. The number of halogens is 3. The van der Waals surface area contributed by atoms with Crippen LogP contribution in [0.5, 0.6) is 5.75 Å². The fraction of sp³-hybridized carbons (Fsp3) is 0.174. The summed E-state index contributed by atoms with van der Waals surface area (Å²) < 4.78 is 49.4. The number of hydrogen-bond acceptors (Lipinski definition) is 6. The fourth-order valence-electron chi connectivity index (χ4n) is 3.13. The quantitative estimate of drug-likeness (QED) is 0.397. The van der Waals surface area contributed by atoms with Crippen molar-refractivity contribution in [2.24, 2.45) is 10.2 Å². The third kappa shape index (κ3) is 5.64. The zero-order chi connectivity index (χ0) is 23.4. The lowest BCUT2D eigenvalue weighted by Crippen LogP contribution is -2.25. The van der Waals surface area contributed by atoms with Crippen molar-refractivity contribution in [3.05, 3.63) is 77.6 Å². The van der Waals surface area contributed by atoms with Crippen LogP contribution in [-0.2, 0) is 17.4 Å². The molecule has 1 amide bonds. The lowest BCUT2D eigenvalue weighted by molar-refractivity contribution is -0.137. The number of ether oxygens (including phenoxy) is 1. The molecule has 2 aromatic carbocycles. The first-order valence-corrected chi connectivity index (χ1v) is 10.7. The van der Waals surface area contributed by atoms with Crippen LogP contribution in [0.4, 0.5) is 13.2 Å². The third-order valence-electron chi connectivity index (χ3n) is 4.79. The highest BCUT2D eigenvalue weighted by Crippen LogP contribution is 2.32. The maximum atomic E-state index is 12.9. The normalized spacial score (nSPS) is 17.6. The molecule has 10 heteroatoms. The van der Waals surface area contributed by atoms with Gasteiger partial charge in [0.25, 0.3) is 0 Å². The highest BCUT2D eigenvalue weighted by Gasteiger charge is 2.31. The van der Waals surface area contributed by atoms with Crippen molar-refractivity contribution in [3.63, 3.8) is 0 Å². The van der Waals surface area contributed by atoms with Crippen molar-refractivity contribution in [2.45, 2.75) is 17.8 Å². The number of amidine groups is 1. The molecule has 2 heterocycles. The molecule has 6 nitrogen and oxygen atoms in total. The van der Waals surface area contributed by atoms with E-state index in [1.807, 2.05) is 24.3 Å². The van der Waals surface area contributed by atoms with Gasteiger partial charge >= 0.3 is 6.18 Å². The molecule has 3 aromatic rings. The predicted octanol–water partition coefficient (Wildman–Crippen LogP) is 5.14. The van der Waals surface area contributed by atoms with E-state index in [2.05, 4.69) is 15.5 Å². The van der Waals surface area contributed by atoms with Gasteiger partial charge in [-0.2, -0.15) is 18.3 Å². The number of amides is 1. The third-order valence-corrected chi connectivity index (χ3v) is 5.86. The van der Waals surface area contributed by atoms with Gasteiger partial charge in [-0.1, -0.05) is 36.0 Å². The minimum atomic E-state index is -4.43. The standard InChI is InChI=1S/C23H18F3N3O3S/c1-31-17-7-5-14(6-8-17)11-20-21(30)28-22(33-20)29-27-13-18-9-10-19(32-18)15-3-2-4-16(12-15)23(24,25)26/h2-10,12-13,20H,11H2,1H3,(H,28,29,30)/b27-13+. The van der Waals surface area contributed by atoms with Gasteiger partial charge in [-0.25, -0.2) is 0 Å². The van der Waals surface area contributed by atoms with Gasteiger partial charge in [-0.3, -0.25) is 4.79 Å². The number of furan rings is 1. The Bertz CT molecular complexity index is 1200. The van der Waals surface area contributed by atoms with Crippen molar-refractivity contribution in [1.29, 1.82) is 0 Å². The molecule has 0 radical (unpaired) electrons. The van der Waals surface area contributed by atoms with Gasteiger partial charge in [0.2, 0.25) is 5.91 Å². The van der Waals surface area contributed by atoms with E-state index >= 15 is 0 Å². The van der Waals surface area contributed by atoms with Crippen molar-refractivity contribution in [2.75, 3.05) is 7.11 Å². The molecule has 0 spiro atoms. The molecule has 33 heavy (non-hydrogen) atoms. The summed E-state index contributed by atoms with van der Waals surface area (Å²) >= 11 is 1.27. The molecular formula is C23H18F3N3O3S. The summed E-state index contributed by atoms with van der Waals surface area (Å²) in [5, 5.41) is 10.6. The van der Waals surface area contributed by atoms with Crippen LogP contribution < -0.4 is 10.1 Å². The molecule has 170 valence electrons. The number of rotatable bonds is 6. The lowest BCUT2D eigenvalue weighted by atomic mass is 10.1. The minimum Gasteiger partial charge on any atom is -0.497 e. The van der Waals surface area contributed by atoms with Crippen LogP contribution in [0.1, 0.15) is 16.9 Å². The second-order valence-corrected chi connectivity index (χ2v) is 8.27. The summed E-state index contributed by atoms with van der Waals surface area (Å²) in [5.41, 5.74) is 0.540. The van der Waals surface area contributed by atoms with Crippen LogP contribution in [0.3, 0.4) is 0 Å². The Morgan fingerprint density at radius 1 is 1.15 bits per heavy atom. The van der Waals surface area contributed by atoms with Crippen LogP contribution in [-0.4, -0.2) is 29.6 Å².